The number of hydrogen-bond acceptors (Lipinski definition) is 3. The van der Waals surface area contributed by atoms with Crippen LogP contribution in [0.1, 0.15) is 32.1 Å². The van der Waals surface area contributed by atoms with Crippen LogP contribution in [0.25, 0.3) is 0 Å². The summed E-state index contributed by atoms with van der Waals surface area (Å²) in [6.07, 6.45) is 6.09. The summed E-state index contributed by atoms with van der Waals surface area (Å²) >= 11 is 0. The van der Waals surface area contributed by atoms with Crippen molar-refractivity contribution in [2.45, 2.75) is 32.1 Å². The van der Waals surface area contributed by atoms with Crippen molar-refractivity contribution in [1.29, 1.82) is 0 Å². The molecule has 0 aromatic heterocycles. The number of urea groups is 1. The van der Waals surface area contributed by atoms with Gasteiger partial charge < -0.3 is 10.6 Å². The van der Waals surface area contributed by atoms with Crippen molar-refractivity contribution in [3.05, 3.63) is 34.4 Å². The molecule has 0 unspecified atom stereocenters. The Labute approximate surface area is 117 Å². The molecule has 2 rings (SSSR count). The first-order chi connectivity index (χ1) is 9.65. The summed E-state index contributed by atoms with van der Waals surface area (Å²) in [4.78, 5) is 21.9. The molecule has 0 heterocycles. The average molecular weight is 277 g/mol. The molecule has 6 nitrogen and oxygen atoms in total. The fraction of sp³-hybridized carbons (Fsp3) is 0.500. The van der Waals surface area contributed by atoms with Crippen molar-refractivity contribution in [3.8, 4) is 0 Å². The fourth-order valence-corrected chi connectivity index (χ4v) is 2.50. The van der Waals surface area contributed by atoms with E-state index in [1.165, 1.54) is 31.4 Å². The van der Waals surface area contributed by atoms with Crippen LogP contribution in [0, 0.1) is 16.0 Å². The topological polar surface area (TPSA) is 84.3 Å². The number of amides is 2. The first-order valence-corrected chi connectivity index (χ1v) is 6.94. The molecule has 0 bridgehead atoms. The summed E-state index contributed by atoms with van der Waals surface area (Å²) in [5.41, 5.74) is 0.399. The molecule has 1 saturated carbocycles. The number of hydrogen-bond donors (Lipinski definition) is 2. The van der Waals surface area contributed by atoms with Gasteiger partial charge in [-0.25, -0.2) is 4.79 Å². The van der Waals surface area contributed by atoms with Gasteiger partial charge >= 0.3 is 6.03 Å². The largest absolute Gasteiger partial charge is 0.338 e. The van der Waals surface area contributed by atoms with E-state index in [0.717, 1.165) is 12.8 Å². The zero-order chi connectivity index (χ0) is 14.4. The number of benzene rings is 1. The quantitative estimate of drug-likeness (QED) is 0.654. The molecule has 6 heteroatoms. The third-order valence-corrected chi connectivity index (χ3v) is 3.59. The molecule has 0 atom stereocenters. The van der Waals surface area contributed by atoms with Crippen LogP contribution in [0.3, 0.4) is 0 Å². The van der Waals surface area contributed by atoms with Crippen molar-refractivity contribution in [2.75, 3.05) is 11.9 Å². The molecule has 2 amide bonds. The molecule has 108 valence electrons. The van der Waals surface area contributed by atoms with Gasteiger partial charge in [-0.15, -0.1) is 0 Å². The van der Waals surface area contributed by atoms with Gasteiger partial charge in [0.05, 0.1) is 4.92 Å². The van der Waals surface area contributed by atoms with E-state index in [1.54, 1.807) is 12.1 Å². The molecule has 2 N–H and O–H groups in total. The number of nitrogens with one attached hydrogen (secondary N) is 2. The first-order valence-electron chi connectivity index (χ1n) is 6.94. The van der Waals surface area contributed by atoms with Crippen molar-refractivity contribution in [2.24, 2.45) is 5.92 Å². The SMILES string of the molecule is O=C(NCC1CCCCC1)Nc1cccc([N+](=O)[O-])c1. The predicted octanol–water partition coefficient (Wildman–Crippen LogP) is 3.30. The lowest BCUT2D eigenvalue weighted by Crippen LogP contribution is -2.33. The highest BCUT2D eigenvalue weighted by molar-refractivity contribution is 5.89. The van der Waals surface area contributed by atoms with Gasteiger partial charge in [0.1, 0.15) is 0 Å². The van der Waals surface area contributed by atoms with Crippen molar-refractivity contribution in [1.82, 2.24) is 5.32 Å². The summed E-state index contributed by atoms with van der Waals surface area (Å²) in [5.74, 6) is 0.555. The normalized spacial score (nSPS) is 15.6. The van der Waals surface area contributed by atoms with E-state index >= 15 is 0 Å². The summed E-state index contributed by atoms with van der Waals surface area (Å²) in [6.45, 7) is 0.667. The van der Waals surface area contributed by atoms with E-state index in [9.17, 15) is 14.9 Å². The fourth-order valence-electron chi connectivity index (χ4n) is 2.50. The lowest BCUT2D eigenvalue weighted by atomic mass is 9.89. The van der Waals surface area contributed by atoms with E-state index in [1.807, 2.05) is 0 Å². The third kappa shape index (κ3) is 4.22. The lowest BCUT2D eigenvalue weighted by molar-refractivity contribution is -0.384. The number of nitro benzene ring substituents is 1. The Morgan fingerprint density at radius 3 is 2.75 bits per heavy atom. The Bertz CT molecular complexity index is 484. The molecule has 20 heavy (non-hydrogen) atoms. The Kier molecular flexibility index (Phi) is 4.92. The second-order valence-electron chi connectivity index (χ2n) is 5.15. The van der Waals surface area contributed by atoms with Gasteiger partial charge in [-0.05, 0) is 24.8 Å². The van der Waals surface area contributed by atoms with Crippen LogP contribution >= 0.6 is 0 Å². The van der Waals surface area contributed by atoms with E-state index in [2.05, 4.69) is 10.6 Å². The maximum atomic E-state index is 11.7. The van der Waals surface area contributed by atoms with E-state index in [4.69, 9.17) is 0 Å². The highest BCUT2D eigenvalue weighted by atomic mass is 16.6. The number of nitrogens with zero attached hydrogens (tertiary/aromatic N) is 1. The number of nitro groups is 1. The number of rotatable bonds is 4. The van der Waals surface area contributed by atoms with Crippen LogP contribution in [0.2, 0.25) is 0 Å². The Balaban J connectivity index is 1.81. The van der Waals surface area contributed by atoms with Crippen LogP contribution in [-0.4, -0.2) is 17.5 Å². The van der Waals surface area contributed by atoms with Crippen molar-refractivity contribution >= 4 is 17.4 Å². The van der Waals surface area contributed by atoms with Crippen LogP contribution < -0.4 is 10.6 Å². The molecular weight excluding hydrogens is 258 g/mol. The van der Waals surface area contributed by atoms with Crippen molar-refractivity contribution < 1.29 is 9.72 Å². The molecule has 1 aliphatic carbocycles. The van der Waals surface area contributed by atoms with E-state index in [-0.39, 0.29) is 11.7 Å². The molecule has 1 aliphatic rings. The van der Waals surface area contributed by atoms with Gasteiger partial charge in [0, 0.05) is 24.4 Å². The average Bonchev–Trinajstić information content (AvgIpc) is 2.46. The van der Waals surface area contributed by atoms with Crippen LogP contribution in [0.5, 0.6) is 0 Å². The van der Waals surface area contributed by atoms with Crippen LogP contribution in [0.4, 0.5) is 16.2 Å². The Morgan fingerprint density at radius 1 is 1.30 bits per heavy atom. The van der Waals surface area contributed by atoms with Gasteiger partial charge in [-0.3, -0.25) is 10.1 Å². The standard InChI is InChI=1S/C14H19N3O3/c18-14(15-10-11-5-2-1-3-6-11)16-12-7-4-8-13(9-12)17(19)20/h4,7-9,11H,1-3,5-6,10H2,(H2,15,16,18). The molecule has 1 aromatic carbocycles. The highest BCUT2D eigenvalue weighted by Crippen LogP contribution is 2.22. The monoisotopic (exact) mass is 277 g/mol. The molecule has 0 spiro atoms. The zero-order valence-corrected chi connectivity index (χ0v) is 11.3. The number of non-ortho nitro benzene ring substituents is 1. The van der Waals surface area contributed by atoms with Gasteiger partial charge in [0.2, 0.25) is 0 Å². The highest BCUT2D eigenvalue weighted by Gasteiger charge is 2.14. The second kappa shape index (κ2) is 6.88. The van der Waals surface area contributed by atoms with Gasteiger partial charge in [0.15, 0.2) is 0 Å². The first kappa shape index (κ1) is 14.3. The minimum absolute atomic E-state index is 0.0323. The number of anilines is 1. The second-order valence-corrected chi connectivity index (χ2v) is 5.15. The molecule has 1 fully saturated rings. The molecular formula is C14H19N3O3. The molecule has 0 aliphatic heterocycles. The summed E-state index contributed by atoms with van der Waals surface area (Å²) in [7, 11) is 0. The Hall–Kier alpha value is -2.11. The smallest absolute Gasteiger partial charge is 0.319 e. The molecule has 0 radical (unpaired) electrons. The third-order valence-electron chi connectivity index (χ3n) is 3.59. The van der Waals surface area contributed by atoms with Gasteiger partial charge in [-0.2, -0.15) is 0 Å². The molecule has 1 aromatic rings. The van der Waals surface area contributed by atoms with Gasteiger partial charge in [-0.1, -0.05) is 25.3 Å². The lowest BCUT2D eigenvalue weighted by Gasteiger charge is -2.21. The summed E-state index contributed by atoms with van der Waals surface area (Å²) < 4.78 is 0. The minimum atomic E-state index is -0.481. The van der Waals surface area contributed by atoms with Gasteiger partial charge in [0.25, 0.3) is 5.69 Å². The maximum Gasteiger partial charge on any atom is 0.319 e. The minimum Gasteiger partial charge on any atom is -0.338 e. The predicted molar refractivity (Wildman–Crippen MR) is 76.7 cm³/mol. The van der Waals surface area contributed by atoms with E-state index in [0.29, 0.717) is 18.2 Å². The number of carbonyl (C=O) groups excluding carboxylic acids is 1. The van der Waals surface area contributed by atoms with Crippen LogP contribution in [-0.2, 0) is 0 Å². The maximum absolute atomic E-state index is 11.7. The summed E-state index contributed by atoms with van der Waals surface area (Å²) in [5, 5.41) is 16.1. The molecule has 0 saturated heterocycles. The van der Waals surface area contributed by atoms with Crippen molar-refractivity contribution in [3.63, 3.8) is 0 Å². The zero-order valence-electron chi connectivity index (χ0n) is 11.3. The Morgan fingerprint density at radius 2 is 2.05 bits per heavy atom. The summed E-state index contributed by atoms with van der Waals surface area (Å²) in [6, 6.07) is 5.61. The van der Waals surface area contributed by atoms with E-state index < -0.39 is 4.92 Å². The number of carbonyl (C=O) groups is 1. The van der Waals surface area contributed by atoms with Crippen LogP contribution in [0.15, 0.2) is 24.3 Å².